The topological polar surface area (TPSA) is 82.7 Å². The lowest BCUT2D eigenvalue weighted by molar-refractivity contribution is -0.146. The van der Waals surface area contributed by atoms with E-state index in [0.717, 1.165) is 45.4 Å². The summed E-state index contributed by atoms with van der Waals surface area (Å²) in [5.74, 6) is 0.616. The fourth-order valence-corrected chi connectivity index (χ4v) is 5.35. The molecule has 3 N–H and O–H groups in total. The van der Waals surface area contributed by atoms with Crippen molar-refractivity contribution in [1.29, 1.82) is 4.78 Å². The van der Waals surface area contributed by atoms with Crippen LogP contribution in [-0.2, 0) is 19.7 Å². The standard InChI is InChI=1S/C13H26N4O2S/c1-19-12(18)11-9-13(7-10(11)8-13)16-3-5-17(6-4-16)20(2,14)15/h10-11,20H,3-9H2,1-2H3,(H3,14,15). The Labute approximate surface area is 121 Å². The molecule has 6 nitrogen and oxygen atoms in total. The molecule has 1 saturated heterocycles. The van der Waals surface area contributed by atoms with E-state index in [4.69, 9.17) is 14.7 Å². The molecule has 0 aromatic rings. The van der Waals surface area contributed by atoms with Crippen molar-refractivity contribution in [2.75, 3.05) is 39.5 Å². The predicted molar refractivity (Wildman–Crippen MR) is 80.3 cm³/mol. The number of nitrogens with two attached hydrogens (primary N) is 1. The van der Waals surface area contributed by atoms with Gasteiger partial charge in [-0.25, -0.2) is 4.31 Å². The van der Waals surface area contributed by atoms with Crippen LogP contribution < -0.4 is 5.14 Å². The van der Waals surface area contributed by atoms with Gasteiger partial charge < -0.3 is 4.74 Å². The molecule has 0 amide bonds. The zero-order valence-corrected chi connectivity index (χ0v) is 13.2. The number of carbonyl (C=O) groups excluding carboxylic acids is 1. The van der Waals surface area contributed by atoms with Gasteiger partial charge in [-0.3, -0.25) is 19.6 Å². The molecule has 1 heterocycles. The summed E-state index contributed by atoms with van der Waals surface area (Å²) in [7, 11) is -0.619. The highest BCUT2D eigenvalue weighted by atomic mass is 32.3. The summed E-state index contributed by atoms with van der Waals surface area (Å²) in [6.45, 7) is 3.73. The number of rotatable bonds is 3. The number of esters is 1. The summed E-state index contributed by atoms with van der Waals surface area (Å²) >= 11 is 0. The smallest absolute Gasteiger partial charge is 0.309 e. The third-order valence-electron chi connectivity index (χ3n) is 5.47. The molecule has 4 rings (SSSR count). The van der Waals surface area contributed by atoms with E-state index in [1.54, 1.807) is 0 Å². The summed E-state index contributed by atoms with van der Waals surface area (Å²) in [5, 5.41) is 5.96. The number of thiol groups is 1. The average molecular weight is 302 g/mol. The lowest BCUT2D eigenvalue weighted by atomic mass is 9.74. The minimum Gasteiger partial charge on any atom is -0.469 e. The van der Waals surface area contributed by atoms with Gasteiger partial charge in [0.15, 0.2) is 0 Å². The number of hydrogen-bond donors (Lipinski definition) is 3. The monoisotopic (exact) mass is 302 g/mol. The van der Waals surface area contributed by atoms with Crippen LogP contribution >= 0.6 is 0 Å². The zero-order valence-electron chi connectivity index (χ0n) is 12.3. The largest absolute Gasteiger partial charge is 0.469 e. The Kier molecular flexibility index (Phi) is 3.44. The molecule has 1 aliphatic heterocycles. The summed E-state index contributed by atoms with van der Waals surface area (Å²) in [5.41, 5.74) is 0.237. The number of hydrogen-bond acceptors (Lipinski definition) is 4. The molecular weight excluding hydrogens is 276 g/mol. The Balaban J connectivity index is 1.61. The number of carbonyl (C=O) groups is 1. The maximum atomic E-state index is 11.8. The van der Waals surface area contributed by atoms with Gasteiger partial charge in [0.25, 0.3) is 0 Å². The molecule has 20 heavy (non-hydrogen) atoms. The molecule has 4 aliphatic rings. The van der Waals surface area contributed by atoms with Crippen LogP contribution in [0.4, 0.5) is 0 Å². The first-order chi connectivity index (χ1) is 9.36. The molecule has 7 heteroatoms. The van der Waals surface area contributed by atoms with Crippen LogP contribution in [0.3, 0.4) is 0 Å². The van der Waals surface area contributed by atoms with E-state index in [1.807, 2.05) is 6.26 Å². The fourth-order valence-electron chi connectivity index (χ4n) is 4.34. The second-order valence-corrected chi connectivity index (χ2v) is 9.31. The van der Waals surface area contributed by atoms with Gasteiger partial charge in [0.2, 0.25) is 0 Å². The molecule has 3 aliphatic carbocycles. The lowest BCUT2D eigenvalue weighted by Crippen LogP contribution is -2.61. The number of nitrogens with zero attached hydrogens (tertiary/aromatic N) is 2. The van der Waals surface area contributed by atoms with Gasteiger partial charge in [0, 0.05) is 31.7 Å². The van der Waals surface area contributed by atoms with Crippen molar-refractivity contribution in [3.05, 3.63) is 0 Å². The van der Waals surface area contributed by atoms with Gasteiger partial charge in [-0.2, -0.15) is 0 Å². The van der Waals surface area contributed by atoms with Gasteiger partial charge >= 0.3 is 5.97 Å². The maximum Gasteiger partial charge on any atom is 0.309 e. The number of methoxy groups -OCH3 is 1. The van der Waals surface area contributed by atoms with Crippen molar-refractivity contribution in [1.82, 2.24) is 9.21 Å². The lowest BCUT2D eigenvalue weighted by Gasteiger charge is -2.52. The quantitative estimate of drug-likeness (QED) is 0.505. The number of fused-ring (bicyclic) bond motifs is 1. The number of nitrogens with one attached hydrogen (secondary N) is 1. The van der Waals surface area contributed by atoms with Crippen molar-refractivity contribution < 1.29 is 9.53 Å². The SMILES string of the molecule is COC(=O)C1CC2(N3CCN([SH](C)(=N)N)CC3)CC1C2. The summed E-state index contributed by atoms with van der Waals surface area (Å²) in [6, 6.07) is 0. The van der Waals surface area contributed by atoms with Crippen LogP contribution in [0.5, 0.6) is 0 Å². The van der Waals surface area contributed by atoms with Crippen LogP contribution in [0.1, 0.15) is 19.3 Å². The first-order valence-corrected chi connectivity index (χ1v) is 9.60. The van der Waals surface area contributed by atoms with E-state index >= 15 is 0 Å². The molecule has 0 aromatic carbocycles. The van der Waals surface area contributed by atoms with E-state index in [2.05, 4.69) is 9.21 Å². The van der Waals surface area contributed by atoms with Gasteiger partial charge in [-0.05, 0) is 31.4 Å². The molecule has 1 atom stereocenters. The summed E-state index contributed by atoms with van der Waals surface area (Å²) < 4.78 is 15.1. The number of piperazine rings is 1. The van der Waals surface area contributed by atoms with Crippen LogP contribution in [0.2, 0.25) is 0 Å². The third kappa shape index (κ3) is 2.20. The van der Waals surface area contributed by atoms with Crippen molar-refractivity contribution in [3.63, 3.8) is 0 Å². The Morgan fingerprint density at radius 3 is 2.40 bits per heavy atom. The van der Waals surface area contributed by atoms with Crippen molar-refractivity contribution in [2.24, 2.45) is 17.0 Å². The van der Waals surface area contributed by atoms with E-state index in [1.165, 1.54) is 7.11 Å². The molecule has 0 spiro atoms. The Morgan fingerprint density at radius 1 is 1.30 bits per heavy atom. The molecule has 1 unspecified atom stereocenters. The van der Waals surface area contributed by atoms with Crippen molar-refractivity contribution in [2.45, 2.75) is 24.8 Å². The van der Waals surface area contributed by atoms with E-state index < -0.39 is 10.2 Å². The molecule has 3 saturated carbocycles. The Hall–Kier alpha value is -0.500. The molecule has 0 aromatic heterocycles. The first-order valence-electron chi connectivity index (χ1n) is 7.34. The van der Waals surface area contributed by atoms with Gasteiger partial charge in [-0.1, -0.05) is 0 Å². The van der Waals surface area contributed by atoms with Gasteiger partial charge in [-0.15, -0.1) is 10.2 Å². The maximum absolute atomic E-state index is 11.8. The van der Waals surface area contributed by atoms with Crippen LogP contribution in [0.15, 0.2) is 0 Å². The van der Waals surface area contributed by atoms with Crippen LogP contribution in [-0.4, -0.2) is 60.3 Å². The van der Waals surface area contributed by atoms with E-state index in [-0.39, 0.29) is 17.4 Å². The molecule has 116 valence electrons. The normalized spacial score (nSPS) is 39.4. The Morgan fingerprint density at radius 2 is 1.90 bits per heavy atom. The minimum absolute atomic E-state index is 0.0281. The average Bonchev–Trinajstić information content (AvgIpc) is 2.93. The zero-order chi connectivity index (χ0) is 14.5. The van der Waals surface area contributed by atoms with Crippen molar-refractivity contribution >= 4 is 16.2 Å². The third-order valence-corrected chi connectivity index (χ3v) is 7.05. The minimum atomic E-state index is -2.11. The van der Waals surface area contributed by atoms with E-state index in [0.29, 0.717) is 5.92 Å². The van der Waals surface area contributed by atoms with Crippen LogP contribution in [0, 0.1) is 16.6 Å². The highest BCUT2D eigenvalue weighted by Gasteiger charge is 2.61. The summed E-state index contributed by atoms with van der Waals surface area (Å²) in [6.07, 6.45) is 5.09. The highest BCUT2D eigenvalue weighted by Crippen LogP contribution is 2.59. The molecule has 4 fully saturated rings. The predicted octanol–water partition coefficient (Wildman–Crippen LogP) is 0.0129. The second kappa shape index (κ2) is 4.76. The molecule has 2 bridgehead atoms. The second-order valence-electron chi connectivity index (χ2n) is 6.69. The van der Waals surface area contributed by atoms with Gasteiger partial charge in [0.05, 0.1) is 13.0 Å². The van der Waals surface area contributed by atoms with E-state index in [9.17, 15) is 4.79 Å². The van der Waals surface area contributed by atoms with Crippen molar-refractivity contribution in [3.8, 4) is 0 Å². The highest BCUT2D eigenvalue weighted by molar-refractivity contribution is 7.99. The van der Waals surface area contributed by atoms with Crippen LogP contribution in [0.25, 0.3) is 0 Å². The number of ether oxygens (including phenoxy) is 1. The fraction of sp³-hybridized carbons (Fsp3) is 0.923. The summed E-state index contributed by atoms with van der Waals surface area (Å²) in [4.78, 5) is 14.3. The van der Waals surface area contributed by atoms with Gasteiger partial charge in [0.1, 0.15) is 0 Å². The molecular formula is C13H26N4O2S. The molecule has 0 radical (unpaired) electrons. The Bertz CT molecular complexity index is 449. The first kappa shape index (κ1) is 14.4.